The molecule has 1 heterocycles. The third-order valence-electron chi connectivity index (χ3n) is 4.31. The van der Waals surface area contributed by atoms with Crippen LogP contribution in [0.4, 0.5) is 5.82 Å². The fourth-order valence-electron chi connectivity index (χ4n) is 3.42. The van der Waals surface area contributed by atoms with Crippen LogP contribution < -0.4 is 5.73 Å². The van der Waals surface area contributed by atoms with Gasteiger partial charge in [0.05, 0.1) is 7.11 Å². The fraction of sp³-hybridized carbons (Fsp3) is 0.615. The monoisotopic (exact) mass is 247 g/mol. The third-order valence-corrected chi connectivity index (χ3v) is 4.31. The molecule has 2 aliphatic carbocycles. The number of nitrogen functional groups attached to an aromatic ring is 1. The summed E-state index contributed by atoms with van der Waals surface area (Å²) in [5, 5.41) is 0. The number of carbonyl (C=O) groups is 1. The van der Waals surface area contributed by atoms with Gasteiger partial charge in [-0.15, -0.1) is 0 Å². The summed E-state index contributed by atoms with van der Waals surface area (Å²) < 4.78 is 4.63. The number of rotatable bonds is 2. The van der Waals surface area contributed by atoms with Crippen LogP contribution in [-0.2, 0) is 4.74 Å². The van der Waals surface area contributed by atoms with Crippen molar-refractivity contribution in [2.24, 2.45) is 11.8 Å². The van der Waals surface area contributed by atoms with E-state index in [1.54, 1.807) is 0 Å². The molecule has 0 radical (unpaired) electrons. The van der Waals surface area contributed by atoms with E-state index >= 15 is 0 Å². The Balaban J connectivity index is 1.86. The first-order valence-corrected chi connectivity index (χ1v) is 6.39. The van der Waals surface area contributed by atoms with Crippen LogP contribution >= 0.6 is 0 Å². The SMILES string of the molecule is COC(=O)c1cnc(C2CC3CCC2C3)nc1N. The van der Waals surface area contributed by atoms with Crippen molar-refractivity contribution in [2.45, 2.75) is 31.6 Å². The summed E-state index contributed by atoms with van der Waals surface area (Å²) in [7, 11) is 1.33. The maximum atomic E-state index is 11.4. The molecule has 0 aromatic carbocycles. The van der Waals surface area contributed by atoms with Gasteiger partial charge in [-0.25, -0.2) is 14.8 Å². The third kappa shape index (κ3) is 1.74. The predicted octanol–water partition coefficient (Wildman–Crippen LogP) is 1.75. The number of ether oxygens (including phenoxy) is 1. The zero-order valence-corrected chi connectivity index (χ0v) is 10.4. The minimum absolute atomic E-state index is 0.231. The van der Waals surface area contributed by atoms with E-state index in [4.69, 9.17) is 5.73 Å². The molecule has 2 fully saturated rings. The summed E-state index contributed by atoms with van der Waals surface area (Å²) in [4.78, 5) is 20.0. The summed E-state index contributed by atoms with van der Waals surface area (Å²) >= 11 is 0. The molecular weight excluding hydrogens is 230 g/mol. The van der Waals surface area contributed by atoms with Crippen LogP contribution in [0.15, 0.2) is 6.20 Å². The van der Waals surface area contributed by atoms with Gasteiger partial charge in [0.15, 0.2) is 0 Å². The number of hydrogen-bond donors (Lipinski definition) is 1. The van der Waals surface area contributed by atoms with Crippen LogP contribution in [0.1, 0.15) is 47.8 Å². The standard InChI is InChI=1S/C13H17N3O2/c1-18-13(17)10-6-15-12(16-11(10)14)9-5-7-2-3-8(9)4-7/h6-9H,2-5H2,1H3,(H2,14,15,16). The number of methoxy groups -OCH3 is 1. The highest BCUT2D eigenvalue weighted by atomic mass is 16.5. The molecule has 3 atom stereocenters. The Hall–Kier alpha value is -1.65. The van der Waals surface area contributed by atoms with E-state index in [0.29, 0.717) is 11.8 Å². The molecule has 5 heteroatoms. The van der Waals surface area contributed by atoms with Crippen LogP contribution in [0.25, 0.3) is 0 Å². The number of hydrogen-bond acceptors (Lipinski definition) is 5. The van der Waals surface area contributed by atoms with Crippen molar-refractivity contribution >= 4 is 11.8 Å². The van der Waals surface area contributed by atoms with Gasteiger partial charge in [0.2, 0.25) is 0 Å². The van der Waals surface area contributed by atoms with Gasteiger partial charge in [-0.05, 0) is 31.1 Å². The first kappa shape index (κ1) is 11.4. The molecule has 2 saturated carbocycles. The maximum absolute atomic E-state index is 11.4. The van der Waals surface area contributed by atoms with Crippen molar-refractivity contribution in [3.05, 3.63) is 17.6 Å². The molecule has 2 bridgehead atoms. The van der Waals surface area contributed by atoms with E-state index in [9.17, 15) is 4.79 Å². The van der Waals surface area contributed by atoms with Crippen molar-refractivity contribution in [3.8, 4) is 0 Å². The summed E-state index contributed by atoms with van der Waals surface area (Å²) in [5.41, 5.74) is 6.07. The molecule has 0 amide bonds. The lowest BCUT2D eigenvalue weighted by molar-refractivity contribution is 0.0601. The summed E-state index contributed by atoms with van der Waals surface area (Å²) in [6.07, 6.45) is 6.58. The van der Waals surface area contributed by atoms with Gasteiger partial charge in [-0.1, -0.05) is 6.42 Å². The van der Waals surface area contributed by atoms with Crippen molar-refractivity contribution in [3.63, 3.8) is 0 Å². The zero-order chi connectivity index (χ0) is 12.7. The smallest absolute Gasteiger partial charge is 0.343 e. The Kier molecular flexibility index (Phi) is 2.69. The minimum atomic E-state index is -0.480. The lowest BCUT2D eigenvalue weighted by atomic mass is 9.88. The highest BCUT2D eigenvalue weighted by Gasteiger charge is 2.41. The van der Waals surface area contributed by atoms with Gasteiger partial charge in [-0.3, -0.25) is 0 Å². The highest BCUT2D eigenvalue weighted by molar-refractivity contribution is 5.93. The number of esters is 1. The number of nitrogens with two attached hydrogens (primary N) is 1. The van der Waals surface area contributed by atoms with Crippen LogP contribution in [0.2, 0.25) is 0 Å². The quantitative estimate of drug-likeness (QED) is 0.805. The average molecular weight is 247 g/mol. The van der Waals surface area contributed by atoms with Crippen molar-refractivity contribution in [2.75, 3.05) is 12.8 Å². The summed E-state index contributed by atoms with van der Waals surface area (Å²) in [6, 6.07) is 0. The van der Waals surface area contributed by atoms with E-state index in [1.165, 1.54) is 39.0 Å². The number of carbonyl (C=O) groups excluding carboxylic acids is 1. The van der Waals surface area contributed by atoms with Gasteiger partial charge in [0, 0.05) is 12.1 Å². The molecule has 3 unspecified atom stereocenters. The Morgan fingerprint density at radius 3 is 2.83 bits per heavy atom. The second kappa shape index (κ2) is 4.23. The fourth-order valence-corrected chi connectivity index (χ4v) is 3.42. The van der Waals surface area contributed by atoms with E-state index in [2.05, 4.69) is 14.7 Å². The zero-order valence-electron chi connectivity index (χ0n) is 10.4. The normalized spacial score (nSPS) is 29.5. The Morgan fingerprint density at radius 1 is 1.44 bits per heavy atom. The van der Waals surface area contributed by atoms with E-state index in [-0.39, 0.29) is 11.4 Å². The summed E-state index contributed by atoms with van der Waals surface area (Å²) in [6.45, 7) is 0. The largest absolute Gasteiger partial charge is 0.465 e. The molecule has 0 aliphatic heterocycles. The lowest BCUT2D eigenvalue weighted by Gasteiger charge is -2.20. The van der Waals surface area contributed by atoms with E-state index in [1.807, 2.05) is 0 Å². The van der Waals surface area contributed by atoms with E-state index in [0.717, 1.165) is 11.7 Å². The van der Waals surface area contributed by atoms with Crippen molar-refractivity contribution < 1.29 is 9.53 Å². The molecule has 2 N–H and O–H groups in total. The van der Waals surface area contributed by atoms with Crippen molar-refractivity contribution in [1.82, 2.24) is 9.97 Å². The lowest BCUT2D eigenvalue weighted by Crippen LogP contribution is -2.15. The van der Waals surface area contributed by atoms with Crippen LogP contribution in [0.3, 0.4) is 0 Å². The Labute approximate surface area is 106 Å². The Morgan fingerprint density at radius 2 is 2.28 bits per heavy atom. The number of fused-ring (bicyclic) bond motifs is 2. The number of aromatic nitrogens is 2. The first-order chi connectivity index (χ1) is 8.69. The molecule has 3 rings (SSSR count). The van der Waals surface area contributed by atoms with Gasteiger partial charge >= 0.3 is 5.97 Å². The average Bonchev–Trinajstić information content (AvgIpc) is 3.00. The molecule has 0 saturated heterocycles. The molecule has 1 aromatic rings. The highest BCUT2D eigenvalue weighted by Crippen LogP contribution is 2.52. The van der Waals surface area contributed by atoms with Crippen LogP contribution in [-0.4, -0.2) is 23.0 Å². The maximum Gasteiger partial charge on any atom is 0.343 e. The van der Waals surface area contributed by atoms with Gasteiger partial charge in [0.1, 0.15) is 17.2 Å². The Bertz CT molecular complexity index is 489. The molecular formula is C13H17N3O2. The molecule has 96 valence electrons. The van der Waals surface area contributed by atoms with Gasteiger partial charge < -0.3 is 10.5 Å². The second-order valence-electron chi connectivity index (χ2n) is 5.30. The minimum Gasteiger partial charge on any atom is -0.465 e. The van der Waals surface area contributed by atoms with Gasteiger partial charge in [0.25, 0.3) is 0 Å². The van der Waals surface area contributed by atoms with Gasteiger partial charge in [-0.2, -0.15) is 0 Å². The molecule has 18 heavy (non-hydrogen) atoms. The number of nitrogens with zero attached hydrogens (tertiary/aromatic N) is 2. The summed E-state index contributed by atoms with van der Waals surface area (Å²) in [5.74, 6) is 2.52. The molecule has 5 nitrogen and oxygen atoms in total. The number of anilines is 1. The molecule has 1 aromatic heterocycles. The second-order valence-corrected chi connectivity index (χ2v) is 5.30. The van der Waals surface area contributed by atoms with Crippen LogP contribution in [0.5, 0.6) is 0 Å². The molecule has 2 aliphatic rings. The van der Waals surface area contributed by atoms with E-state index < -0.39 is 5.97 Å². The molecule has 0 spiro atoms. The van der Waals surface area contributed by atoms with Crippen LogP contribution in [0, 0.1) is 11.8 Å². The first-order valence-electron chi connectivity index (χ1n) is 6.39. The topological polar surface area (TPSA) is 78.1 Å². The predicted molar refractivity (Wildman–Crippen MR) is 66.0 cm³/mol. The van der Waals surface area contributed by atoms with Crippen molar-refractivity contribution in [1.29, 1.82) is 0 Å².